The number of piperidine rings is 1. The van der Waals surface area contributed by atoms with E-state index in [2.05, 4.69) is 33.7 Å². The van der Waals surface area contributed by atoms with Gasteiger partial charge in [0.15, 0.2) is 5.11 Å². The molecule has 1 heterocycles. The zero-order valence-electron chi connectivity index (χ0n) is 16.5. The summed E-state index contributed by atoms with van der Waals surface area (Å²) in [6, 6.07) is 12.0. The van der Waals surface area contributed by atoms with Gasteiger partial charge in [-0.25, -0.2) is 0 Å². The number of likely N-dealkylation sites (tertiary alicyclic amines) is 1. The predicted octanol–water partition coefficient (Wildman–Crippen LogP) is 3.80. The number of nitrogens with one attached hydrogen (secondary N) is 2. The van der Waals surface area contributed by atoms with Crippen LogP contribution in [0.3, 0.4) is 0 Å². The molecule has 0 spiro atoms. The Kier molecular flexibility index (Phi) is 6.43. The molecule has 1 fully saturated rings. The molecule has 2 aromatic rings. The van der Waals surface area contributed by atoms with Crippen molar-refractivity contribution in [2.24, 2.45) is 0 Å². The van der Waals surface area contributed by atoms with Gasteiger partial charge in [0.1, 0.15) is 0 Å². The van der Waals surface area contributed by atoms with E-state index in [0.29, 0.717) is 10.7 Å². The van der Waals surface area contributed by atoms with Crippen LogP contribution in [0.1, 0.15) is 34.3 Å². The highest BCUT2D eigenvalue weighted by molar-refractivity contribution is 7.80. The Morgan fingerprint density at radius 1 is 1.17 bits per heavy atom. The Morgan fingerprint density at radius 2 is 1.90 bits per heavy atom. The summed E-state index contributed by atoms with van der Waals surface area (Å²) in [6.07, 6.45) is 1.52. The van der Waals surface area contributed by atoms with Crippen LogP contribution in [0.4, 0.5) is 11.4 Å². The monoisotopic (exact) mass is 412 g/mol. The van der Waals surface area contributed by atoms with Crippen LogP contribution in [0.2, 0.25) is 0 Å². The van der Waals surface area contributed by atoms with E-state index in [1.807, 2.05) is 13.8 Å². The van der Waals surface area contributed by atoms with E-state index >= 15 is 0 Å². The molecule has 0 unspecified atom stereocenters. The molecule has 0 bridgehead atoms. The number of amides is 1. The van der Waals surface area contributed by atoms with Crippen LogP contribution in [-0.4, -0.2) is 40.0 Å². The maximum Gasteiger partial charge on any atom is 0.270 e. The zero-order chi connectivity index (χ0) is 21.0. The van der Waals surface area contributed by atoms with E-state index in [1.54, 1.807) is 6.07 Å². The van der Waals surface area contributed by atoms with Crippen LogP contribution in [0.25, 0.3) is 0 Å². The first-order valence-electron chi connectivity index (χ1n) is 9.52. The molecule has 1 aliphatic heterocycles. The van der Waals surface area contributed by atoms with Gasteiger partial charge in [-0.3, -0.25) is 14.9 Å². The molecule has 3 rings (SSSR count). The van der Waals surface area contributed by atoms with Gasteiger partial charge in [0, 0.05) is 42.5 Å². The second-order valence-electron chi connectivity index (χ2n) is 7.29. The summed E-state index contributed by atoms with van der Waals surface area (Å²) in [5, 5.41) is 17.9. The SMILES string of the molecule is Cc1ccc(C)c(NC(=S)N2CCC(NC(=O)c3cccc([N+](=O)[O-])c3)CC2)c1. The highest BCUT2D eigenvalue weighted by atomic mass is 32.1. The van der Waals surface area contributed by atoms with E-state index < -0.39 is 4.92 Å². The molecule has 0 radical (unpaired) electrons. The lowest BCUT2D eigenvalue weighted by Crippen LogP contribution is -2.47. The van der Waals surface area contributed by atoms with Crippen molar-refractivity contribution >= 4 is 34.6 Å². The lowest BCUT2D eigenvalue weighted by molar-refractivity contribution is -0.384. The van der Waals surface area contributed by atoms with Gasteiger partial charge in [0.25, 0.3) is 11.6 Å². The summed E-state index contributed by atoms with van der Waals surface area (Å²) in [5.41, 5.74) is 3.53. The number of nitro groups is 1. The molecule has 7 nitrogen and oxygen atoms in total. The third kappa shape index (κ3) is 5.29. The van der Waals surface area contributed by atoms with Gasteiger partial charge in [0.2, 0.25) is 0 Å². The highest BCUT2D eigenvalue weighted by Gasteiger charge is 2.23. The number of hydrogen-bond donors (Lipinski definition) is 2. The molecule has 29 heavy (non-hydrogen) atoms. The molecule has 152 valence electrons. The van der Waals surface area contributed by atoms with Gasteiger partial charge in [-0.05, 0) is 62.2 Å². The average molecular weight is 413 g/mol. The third-order valence-electron chi connectivity index (χ3n) is 5.07. The number of anilines is 1. The van der Waals surface area contributed by atoms with Gasteiger partial charge >= 0.3 is 0 Å². The average Bonchev–Trinajstić information content (AvgIpc) is 2.71. The predicted molar refractivity (Wildman–Crippen MR) is 117 cm³/mol. The second kappa shape index (κ2) is 9.00. The third-order valence-corrected chi connectivity index (χ3v) is 5.43. The number of aryl methyl sites for hydroxylation is 2. The topological polar surface area (TPSA) is 87.5 Å². The van der Waals surface area contributed by atoms with Gasteiger partial charge in [0.05, 0.1) is 4.92 Å². The van der Waals surface area contributed by atoms with Crippen molar-refractivity contribution in [2.45, 2.75) is 32.7 Å². The van der Waals surface area contributed by atoms with E-state index in [4.69, 9.17) is 12.2 Å². The molecule has 8 heteroatoms. The minimum absolute atomic E-state index is 0.0153. The van der Waals surface area contributed by atoms with Crippen molar-refractivity contribution in [1.29, 1.82) is 0 Å². The summed E-state index contributed by atoms with van der Waals surface area (Å²) in [5.74, 6) is -0.289. The van der Waals surface area contributed by atoms with E-state index in [1.165, 1.54) is 23.8 Å². The summed E-state index contributed by atoms with van der Waals surface area (Å²) in [6.45, 7) is 5.55. The molecule has 1 aliphatic rings. The maximum absolute atomic E-state index is 12.4. The molecular formula is C21H24N4O3S. The number of benzene rings is 2. The number of carbonyl (C=O) groups is 1. The number of rotatable bonds is 4. The first-order chi connectivity index (χ1) is 13.8. The van der Waals surface area contributed by atoms with Crippen molar-refractivity contribution in [3.05, 3.63) is 69.3 Å². The zero-order valence-corrected chi connectivity index (χ0v) is 17.3. The molecular weight excluding hydrogens is 388 g/mol. The fourth-order valence-electron chi connectivity index (χ4n) is 3.32. The molecule has 2 N–H and O–H groups in total. The highest BCUT2D eigenvalue weighted by Crippen LogP contribution is 2.19. The molecule has 0 aromatic heterocycles. The molecule has 0 aliphatic carbocycles. The quantitative estimate of drug-likeness (QED) is 0.451. The van der Waals surface area contributed by atoms with Crippen LogP contribution in [0.15, 0.2) is 42.5 Å². The molecule has 0 saturated carbocycles. The van der Waals surface area contributed by atoms with Crippen LogP contribution >= 0.6 is 12.2 Å². The lowest BCUT2D eigenvalue weighted by Gasteiger charge is -2.34. The number of carbonyl (C=O) groups excluding carboxylic acids is 1. The molecule has 2 aromatic carbocycles. The molecule has 1 amide bonds. The summed E-state index contributed by atoms with van der Waals surface area (Å²) >= 11 is 5.56. The Morgan fingerprint density at radius 3 is 2.59 bits per heavy atom. The van der Waals surface area contributed by atoms with Crippen molar-refractivity contribution in [3.8, 4) is 0 Å². The van der Waals surface area contributed by atoms with E-state index in [0.717, 1.165) is 37.2 Å². The van der Waals surface area contributed by atoms with Gasteiger partial charge in [-0.15, -0.1) is 0 Å². The lowest BCUT2D eigenvalue weighted by atomic mass is 10.0. The van der Waals surface area contributed by atoms with E-state index in [9.17, 15) is 14.9 Å². The molecule has 0 atom stereocenters. The minimum atomic E-state index is -0.501. The molecule has 1 saturated heterocycles. The summed E-state index contributed by atoms with van der Waals surface area (Å²) in [7, 11) is 0. The first kappa shape index (κ1) is 20.7. The Hall–Kier alpha value is -3.00. The summed E-state index contributed by atoms with van der Waals surface area (Å²) < 4.78 is 0. The maximum atomic E-state index is 12.4. The largest absolute Gasteiger partial charge is 0.349 e. The Bertz CT molecular complexity index is 939. The van der Waals surface area contributed by atoms with Gasteiger partial charge in [-0.1, -0.05) is 18.2 Å². The number of non-ortho nitro benzene ring substituents is 1. The first-order valence-corrected chi connectivity index (χ1v) is 9.93. The van der Waals surface area contributed by atoms with Crippen LogP contribution in [-0.2, 0) is 0 Å². The van der Waals surface area contributed by atoms with Gasteiger partial charge < -0.3 is 15.5 Å². The van der Waals surface area contributed by atoms with Crippen molar-refractivity contribution in [1.82, 2.24) is 10.2 Å². The number of nitro benzene ring substituents is 1. The van der Waals surface area contributed by atoms with Crippen molar-refractivity contribution < 1.29 is 9.72 Å². The number of nitrogens with zero attached hydrogens (tertiary/aromatic N) is 2. The normalized spacial score (nSPS) is 14.3. The Labute approximate surface area is 175 Å². The fourth-order valence-corrected chi connectivity index (χ4v) is 3.61. The van der Waals surface area contributed by atoms with E-state index in [-0.39, 0.29) is 17.6 Å². The standard InChI is InChI=1S/C21H24N4O3S/c1-14-6-7-15(2)19(12-14)23-21(29)24-10-8-17(9-11-24)22-20(26)16-4-3-5-18(13-16)25(27)28/h3-7,12-13,17H,8-11H2,1-2H3,(H,22,26)(H,23,29). The minimum Gasteiger partial charge on any atom is -0.349 e. The number of hydrogen-bond acceptors (Lipinski definition) is 4. The van der Waals surface area contributed by atoms with Crippen molar-refractivity contribution in [3.63, 3.8) is 0 Å². The van der Waals surface area contributed by atoms with Crippen LogP contribution < -0.4 is 10.6 Å². The second-order valence-corrected chi connectivity index (χ2v) is 7.68. The van der Waals surface area contributed by atoms with Crippen LogP contribution in [0.5, 0.6) is 0 Å². The van der Waals surface area contributed by atoms with Gasteiger partial charge in [-0.2, -0.15) is 0 Å². The number of thiocarbonyl (C=S) groups is 1. The Balaban J connectivity index is 1.53. The van der Waals surface area contributed by atoms with Crippen LogP contribution in [0, 0.1) is 24.0 Å². The fraction of sp³-hybridized carbons (Fsp3) is 0.333. The summed E-state index contributed by atoms with van der Waals surface area (Å²) in [4.78, 5) is 24.9. The smallest absolute Gasteiger partial charge is 0.270 e. The van der Waals surface area contributed by atoms with Crippen molar-refractivity contribution in [2.75, 3.05) is 18.4 Å².